The first kappa shape index (κ1) is 14.3. The van der Waals surface area contributed by atoms with Gasteiger partial charge in [-0.05, 0) is 28.4 Å². The fourth-order valence-corrected chi connectivity index (χ4v) is 2.18. The molecule has 1 rings (SSSR count). The Kier molecular flexibility index (Phi) is 4.41. The van der Waals surface area contributed by atoms with Crippen molar-refractivity contribution >= 4 is 0 Å². The third-order valence-electron chi connectivity index (χ3n) is 3.69. The first-order valence-electron chi connectivity index (χ1n) is 6.88. The third-order valence-corrected chi connectivity index (χ3v) is 3.69. The summed E-state index contributed by atoms with van der Waals surface area (Å²) in [5, 5.41) is 0. The Morgan fingerprint density at radius 2 is 1.29 bits per heavy atom. The molecule has 0 aliphatic carbocycles. The summed E-state index contributed by atoms with van der Waals surface area (Å²) in [6.45, 7) is 13.8. The van der Waals surface area contributed by atoms with Crippen LogP contribution in [0.15, 0.2) is 24.3 Å². The quantitative estimate of drug-likeness (QED) is 0.647. The zero-order valence-electron chi connectivity index (χ0n) is 12.4. The van der Waals surface area contributed by atoms with Gasteiger partial charge in [0.05, 0.1) is 0 Å². The van der Waals surface area contributed by atoms with Crippen LogP contribution in [-0.2, 0) is 10.8 Å². The lowest BCUT2D eigenvalue weighted by Crippen LogP contribution is -2.18. The summed E-state index contributed by atoms with van der Waals surface area (Å²) in [5.74, 6) is 0. The predicted octanol–water partition coefficient (Wildman–Crippen LogP) is 5.45. The van der Waals surface area contributed by atoms with Gasteiger partial charge in [-0.3, -0.25) is 0 Å². The highest BCUT2D eigenvalue weighted by atomic mass is 14.3. The van der Waals surface area contributed by atoms with Gasteiger partial charge in [-0.1, -0.05) is 78.6 Å². The lowest BCUT2D eigenvalue weighted by Gasteiger charge is -2.27. The normalized spacial score (nSPS) is 12.8. The van der Waals surface area contributed by atoms with Gasteiger partial charge < -0.3 is 0 Å². The van der Waals surface area contributed by atoms with Crippen LogP contribution in [0.25, 0.3) is 0 Å². The van der Waals surface area contributed by atoms with Crippen molar-refractivity contribution in [2.75, 3.05) is 0 Å². The molecule has 0 spiro atoms. The van der Waals surface area contributed by atoms with E-state index in [1.807, 2.05) is 0 Å². The standard InChI is InChI=1S/C17H28/c1-7-8-13-17(5,6)15-11-9-14(10-12-15)16(2,3)4/h9-12H,7-8,13H2,1-6H3. The molecule has 96 valence electrons. The highest BCUT2D eigenvalue weighted by Crippen LogP contribution is 2.31. The molecule has 0 unspecified atom stereocenters. The summed E-state index contributed by atoms with van der Waals surface area (Å²) in [4.78, 5) is 0. The molecule has 0 nitrogen and oxygen atoms in total. The predicted molar refractivity (Wildman–Crippen MR) is 77.7 cm³/mol. The molecule has 0 saturated carbocycles. The smallest absolute Gasteiger partial charge is 0.0104 e. The van der Waals surface area contributed by atoms with Crippen LogP contribution in [0, 0.1) is 0 Å². The van der Waals surface area contributed by atoms with E-state index in [1.165, 1.54) is 30.4 Å². The summed E-state index contributed by atoms with van der Waals surface area (Å²) in [6.07, 6.45) is 3.87. The highest BCUT2D eigenvalue weighted by molar-refractivity contribution is 5.31. The molecule has 0 fully saturated rings. The summed E-state index contributed by atoms with van der Waals surface area (Å²) < 4.78 is 0. The summed E-state index contributed by atoms with van der Waals surface area (Å²) in [5.41, 5.74) is 3.46. The van der Waals surface area contributed by atoms with Crippen LogP contribution in [-0.4, -0.2) is 0 Å². The Balaban J connectivity index is 2.87. The van der Waals surface area contributed by atoms with Crippen molar-refractivity contribution in [1.29, 1.82) is 0 Å². The van der Waals surface area contributed by atoms with Gasteiger partial charge in [0.15, 0.2) is 0 Å². The van der Waals surface area contributed by atoms with E-state index in [0.717, 1.165) is 0 Å². The van der Waals surface area contributed by atoms with E-state index in [2.05, 4.69) is 65.8 Å². The van der Waals surface area contributed by atoms with Crippen LogP contribution < -0.4 is 0 Å². The average Bonchev–Trinajstić information content (AvgIpc) is 2.25. The van der Waals surface area contributed by atoms with Crippen molar-refractivity contribution in [2.45, 2.75) is 71.6 Å². The van der Waals surface area contributed by atoms with Crippen LogP contribution in [0.2, 0.25) is 0 Å². The van der Waals surface area contributed by atoms with Gasteiger partial charge in [0, 0.05) is 0 Å². The van der Waals surface area contributed by atoms with E-state index >= 15 is 0 Å². The largest absolute Gasteiger partial charge is 0.0654 e. The molecule has 0 heteroatoms. The molecule has 0 N–H and O–H groups in total. The molecule has 0 saturated heterocycles. The van der Waals surface area contributed by atoms with Crippen molar-refractivity contribution in [3.8, 4) is 0 Å². The Hall–Kier alpha value is -0.780. The minimum Gasteiger partial charge on any atom is -0.0654 e. The van der Waals surface area contributed by atoms with Gasteiger partial charge >= 0.3 is 0 Å². The van der Waals surface area contributed by atoms with Gasteiger partial charge in [0.2, 0.25) is 0 Å². The summed E-state index contributed by atoms with van der Waals surface area (Å²) >= 11 is 0. The number of benzene rings is 1. The van der Waals surface area contributed by atoms with Crippen molar-refractivity contribution in [3.63, 3.8) is 0 Å². The molecule has 1 aromatic rings. The summed E-state index contributed by atoms with van der Waals surface area (Å²) in [6, 6.07) is 9.22. The first-order chi connectivity index (χ1) is 7.77. The molecular formula is C17H28. The number of unbranched alkanes of at least 4 members (excludes halogenated alkanes) is 1. The first-order valence-corrected chi connectivity index (χ1v) is 6.88. The molecule has 0 amide bonds. The van der Waals surface area contributed by atoms with E-state index in [-0.39, 0.29) is 5.41 Å². The van der Waals surface area contributed by atoms with Crippen LogP contribution in [0.1, 0.15) is 71.9 Å². The van der Waals surface area contributed by atoms with Crippen LogP contribution in [0.3, 0.4) is 0 Å². The zero-order chi connectivity index (χ0) is 13.1. The third kappa shape index (κ3) is 3.87. The molecular weight excluding hydrogens is 204 g/mol. The van der Waals surface area contributed by atoms with E-state index in [1.54, 1.807) is 0 Å². The van der Waals surface area contributed by atoms with Crippen LogP contribution in [0.4, 0.5) is 0 Å². The maximum Gasteiger partial charge on any atom is -0.0104 e. The Morgan fingerprint density at radius 3 is 1.71 bits per heavy atom. The maximum atomic E-state index is 2.36. The molecule has 0 aliphatic rings. The Morgan fingerprint density at radius 1 is 0.824 bits per heavy atom. The van der Waals surface area contributed by atoms with Gasteiger partial charge in [-0.25, -0.2) is 0 Å². The SMILES string of the molecule is CCCCC(C)(C)c1ccc(C(C)(C)C)cc1. The average molecular weight is 232 g/mol. The van der Waals surface area contributed by atoms with E-state index in [0.29, 0.717) is 5.41 Å². The van der Waals surface area contributed by atoms with Gasteiger partial charge in [0.1, 0.15) is 0 Å². The Labute approximate surface area is 107 Å². The topological polar surface area (TPSA) is 0 Å². The highest BCUT2D eigenvalue weighted by Gasteiger charge is 2.20. The minimum absolute atomic E-state index is 0.256. The molecule has 0 aromatic heterocycles. The molecule has 1 aromatic carbocycles. The second-order valence-corrected chi connectivity index (χ2v) is 6.81. The molecule has 17 heavy (non-hydrogen) atoms. The lowest BCUT2D eigenvalue weighted by atomic mass is 9.78. The van der Waals surface area contributed by atoms with Gasteiger partial charge in [-0.2, -0.15) is 0 Å². The number of hydrogen-bond donors (Lipinski definition) is 0. The van der Waals surface area contributed by atoms with Crippen molar-refractivity contribution in [2.24, 2.45) is 0 Å². The lowest BCUT2D eigenvalue weighted by molar-refractivity contribution is 0.457. The second kappa shape index (κ2) is 5.25. The zero-order valence-corrected chi connectivity index (χ0v) is 12.4. The fourth-order valence-electron chi connectivity index (χ4n) is 2.18. The van der Waals surface area contributed by atoms with Crippen molar-refractivity contribution in [1.82, 2.24) is 0 Å². The molecule has 0 bridgehead atoms. The molecule has 0 radical (unpaired) electrons. The van der Waals surface area contributed by atoms with E-state index in [4.69, 9.17) is 0 Å². The van der Waals surface area contributed by atoms with Crippen LogP contribution >= 0.6 is 0 Å². The Bertz CT molecular complexity index is 335. The van der Waals surface area contributed by atoms with Crippen LogP contribution in [0.5, 0.6) is 0 Å². The number of rotatable bonds is 4. The van der Waals surface area contributed by atoms with Crippen molar-refractivity contribution < 1.29 is 0 Å². The minimum atomic E-state index is 0.256. The molecule has 0 heterocycles. The fraction of sp³-hybridized carbons (Fsp3) is 0.647. The summed E-state index contributed by atoms with van der Waals surface area (Å²) in [7, 11) is 0. The second-order valence-electron chi connectivity index (χ2n) is 6.81. The van der Waals surface area contributed by atoms with E-state index < -0.39 is 0 Å². The van der Waals surface area contributed by atoms with E-state index in [9.17, 15) is 0 Å². The van der Waals surface area contributed by atoms with Gasteiger partial charge in [0.25, 0.3) is 0 Å². The van der Waals surface area contributed by atoms with Gasteiger partial charge in [-0.15, -0.1) is 0 Å². The molecule has 0 atom stereocenters. The number of hydrogen-bond acceptors (Lipinski definition) is 0. The molecule has 0 aliphatic heterocycles. The van der Waals surface area contributed by atoms with Crippen molar-refractivity contribution in [3.05, 3.63) is 35.4 Å². The monoisotopic (exact) mass is 232 g/mol. The maximum absolute atomic E-state index is 2.36.